The second-order valence-corrected chi connectivity index (χ2v) is 2.49. The number of alkyl halides is 1. The third-order valence-electron chi connectivity index (χ3n) is 0.607. The van der Waals surface area contributed by atoms with Gasteiger partial charge in [-0.25, -0.2) is 4.79 Å². The molecule has 9 heavy (non-hydrogen) atoms. The number of esters is 1. The molecule has 0 rings (SSSR count). The number of nitriles is 1. The molecule has 50 valence electrons. The molecule has 1 atom stereocenters. The van der Waals surface area contributed by atoms with Gasteiger partial charge in [0.2, 0.25) is 0 Å². The third kappa shape index (κ3) is 3.30. The maximum absolute atomic E-state index is 10.5. The molecular formula is C5H6INO2. The van der Waals surface area contributed by atoms with Crippen molar-refractivity contribution in [3.05, 3.63) is 0 Å². The van der Waals surface area contributed by atoms with Gasteiger partial charge in [0.1, 0.15) is 0 Å². The van der Waals surface area contributed by atoms with Crippen LogP contribution in [-0.2, 0) is 9.53 Å². The first-order chi connectivity index (χ1) is 4.22. The number of hydrogen-bond acceptors (Lipinski definition) is 3. The topological polar surface area (TPSA) is 50.1 Å². The molecule has 0 aromatic rings. The van der Waals surface area contributed by atoms with Crippen LogP contribution in [0.1, 0.15) is 6.92 Å². The number of rotatable bonds is 2. The van der Waals surface area contributed by atoms with E-state index in [1.165, 1.54) is 0 Å². The van der Waals surface area contributed by atoms with Crippen LogP contribution < -0.4 is 0 Å². The zero-order valence-corrected chi connectivity index (χ0v) is 7.08. The van der Waals surface area contributed by atoms with Gasteiger partial charge in [0.05, 0.1) is 12.7 Å². The van der Waals surface area contributed by atoms with Crippen molar-refractivity contribution in [1.29, 1.82) is 5.26 Å². The van der Waals surface area contributed by atoms with E-state index in [1.54, 1.807) is 35.6 Å². The molecule has 0 saturated heterocycles. The Balaban J connectivity index is 3.63. The Morgan fingerprint density at radius 1 is 2.00 bits per heavy atom. The summed E-state index contributed by atoms with van der Waals surface area (Å²) in [6, 6.07) is 1.76. The molecular weight excluding hydrogens is 233 g/mol. The smallest absolute Gasteiger partial charge is 0.333 e. The molecule has 0 aliphatic rings. The number of carbonyl (C=O) groups is 1. The van der Waals surface area contributed by atoms with Crippen LogP contribution in [-0.4, -0.2) is 16.5 Å². The monoisotopic (exact) mass is 239 g/mol. The van der Waals surface area contributed by atoms with Crippen LogP contribution in [0.25, 0.3) is 0 Å². The highest BCUT2D eigenvalue weighted by atomic mass is 127. The number of ether oxygens (including phenoxy) is 1. The lowest BCUT2D eigenvalue weighted by Gasteiger charge is -1.98. The van der Waals surface area contributed by atoms with Crippen molar-refractivity contribution >= 4 is 28.6 Å². The van der Waals surface area contributed by atoms with Crippen molar-refractivity contribution in [2.24, 2.45) is 0 Å². The highest BCUT2D eigenvalue weighted by molar-refractivity contribution is 14.1. The summed E-state index contributed by atoms with van der Waals surface area (Å²) in [5.74, 6) is -0.458. The number of halogens is 1. The second-order valence-electron chi connectivity index (χ2n) is 1.24. The van der Waals surface area contributed by atoms with Gasteiger partial charge in [-0.1, -0.05) is 22.6 Å². The van der Waals surface area contributed by atoms with Crippen molar-refractivity contribution in [2.75, 3.05) is 6.61 Å². The van der Waals surface area contributed by atoms with Gasteiger partial charge in [0, 0.05) is 0 Å². The Labute approximate surface area is 67.1 Å². The summed E-state index contributed by atoms with van der Waals surface area (Å²) in [7, 11) is 0. The van der Waals surface area contributed by atoms with Crippen LogP contribution in [0.2, 0.25) is 0 Å². The molecule has 3 nitrogen and oxygen atoms in total. The molecule has 4 heteroatoms. The zero-order chi connectivity index (χ0) is 7.28. The highest BCUT2D eigenvalue weighted by Gasteiger charge is 2.13. The Morgan fingerprint density at radius 2 is 2.56 bits per heavy atom. The summed E-state index contributed by atoms with van der Waals surface area (Å²) in [6.45, 7) is 2.04. The molecule has 0 aromatic heterocycles. The van der Waals surface area contributed by atoms with Gasteiger partial charge >= 0.3 is 5.97 Å². The Kier molecular flexibility index (Phi) is 4.40. The molecule has 0 spiro atoms. The van der Waals surface area contributed by atoms with Gasteiger partial charge in [-0.15, -0.1) is 0 Å². The molecule has 0 N–H and O–H groups in total. The lowest BCUT2D eigenvalue weighted by Crippen LogP contribution is -2.14. The summed E-state index contributed by atoms with van der Waals surface area (Å²) in [4.78, 5) is 10.5. The average Bonchev–Trinajstić information content (AvgIpc) is 1.87. The van der Waals surface area contributed by atoms with E-state index < -0.39 is 9.89 Å². The van der Waals surface area contributed by atoms with Gasteiger partial charge in [-0.3, -0.25) is 0 Å². The van der Waals surface area contributed by atoms with Crippen LogP contribution in [0.4, 0.5) is 0 Å². The minimum absolute atomic E-state index is 0.333. The van der Waals surface area contributed by atoms with E-state index in [0.29, 0.717) is 6.61 Å². The van der Waals surface area contributed by atoms with Crippen LogP contribution in [0, 0.1) is 11.3 Å². The van der Waals surface area contributed by atoms with Crippen LogP contribution in [0.15, 0.2) is 0 Å². The molecule has 0 saturated carbocycles. The Morgan fingerprint density at radius 3 is 2.89 bits per heavy atom. The van der Waals surface area contributed by atoms with Crippen LogP contribution >= 0.6 is 22.6 Å². The number of nitrogens with zero attached hydrogens (tertiary/aromatic N) is 1. The zero-order valence-electron chi connectivity index (χ0n) is 4.93. The van der Waals surface area contributed by atoms with E-state index >= 15 is 0 Å². The van der Waals surface area contributed by atoms with Gasteiger partial charge < -0.3 is 4.74 Å². The Hall–Kier alpha value is -0.310. The van der Waals surface area contributed by atoms with Gasteiger partial charge in [-0.2, -0.15) is 5.26 Å². The van der Waals surface area contributed by atoms with E-state index in [2.05, 4.69) is 4.74 Å². The summed E-state index contributed by atoms with van der Waals surface area (Å²) in [5.41, 5.74) is 0. The molecule has 0 fully saturated rings. The molecule has 1 unspecified atom stereocenters. The second kappa shape index (κ2) is 4.56. The molecule has 0 aliphatic carbocycles. The first-order valence-corrected chi connectivity index (χ1v) is 3.67. The van der Waals surface area contributed by atoms with E-state index in [1.807, 2.05) is 0 Å². The molecule has 0 aromatic carbocycles. The normalized spacial score (nSPS) is 11.7. The fraction of sp³-hybridized carbons (Fsp3) is 0.600. The minimum Gasteiger partial charge on any atom is -0.464 e. The van der Waals surface area contributed by atoms with Crippen molar-refractivity contribution in [3.63, 3.8) is 0 Å². The predicted octanol–water partition coefficient (Wildman–Crippen LogP) is 0.877. The molecule has 0 amide bonds. The summed E-state index contributed by atoms with van der Waals surface area (Å²) < 4.78 is 3.86. The minimum atomic E-state index is -0.664. The van der Waals surface area contributed by atoms with E-state index in [0.717, 1.165) is 0 Å². The standard InChI is InChI=1S/C5H6INO2/c1-2-9-5(8)4(6)3-7/h4H,2H2,1H3. The first kappa shape index (κ1) is 8.69. The lowest BCUT2D eigenvalue weighted by atomic mass is 10.5. The molecule has 0 bridgehead atoms. The lowest BCUT2D eigenvalue weighted by molar-refractivity contribution is -0.140. The maximum Gasteiger partial charge on any atom is 0.333 e. The maximum atomic E-state index is 10.5. The van der Waals surface area contributed by atoms with E-state index in [-0.39, 0.29) is 0 Å². The van der Waals surface area contributed by atoms with E-state index in [9.17, 15) is 4.79 Å². The third-order valence-corrected chi connectivity index (χ3v) is 1.39. The number of carbonyl (C=O) groups excluding carboxylic acids is 1. The molecule has 0 radical (unpaired) electrons. The quantitative estimate of drug-likeness (QED) is 0.408. The predicted molar refractivity (Wildman–Crippen MR) is 40.1 cm³/mol. The van der Waals surface area contributed by atoms with Crippen molar-refractivity contribution in [2.45, 2.75) is 10.8 Å². The van der Waals surface area contributed by atoms with Crippen molar-refractivity contribution < 1.29 is 9.53 Å². The number of hydrogen-bond donors (Lipinski definition) is 0. The first-order valence-electron chi connectivity index (χ1n) is 2.42. The fourth-order valence-corrected chi connectivity index (χ4v) is 0.448. The highest BCUT2D eigenvalue weighted by Crippen LogP contribution is 1.99. The van der Waals surface area contributed by atoms with Crippen molar-refractivity contribution in [3.8, 4) is 6.07 Å². The summed E-state index contributed by atoms with van der Waals surface area (Å²) >= 11 is 1.72. The van der Waals surface area contributed by atoms with Gasteiger partial charge in [-0.05, 0) is 6.92 Å². The average molecular weight is 239 g/mol. The molecule has 0 aliphatic heterocycles. The van der Waals surface area contributed by atoms with Crippen molar-refractivity contribution in [1.82, 2.24) is 0 Å². The molecule has 0 heterocycles. The van der Waals surface area contributed by atoms with Crippen LogP contribution in [0.5, 0.6) is 0 Å². The SMILES string of the molecule is CCOC(=O)C(I)C#N. The Bertz CT molecular complexity index is 140. The van der Waals surface area contributed by atoms with Gasteiger partial charge in [0.15, 0.2) is 3.92 Å². The van der Waals surface area contributed by atoms with Gasteiger partial charge in [0.25, 0.3) is 0 Å². The van der Waals surface area contributed by atoms with E-state index in [4.69, 9.17) is 5.26 Å². The fourth-order valence-electron chi connectivity index (χ4n) is 0.268. The summed E-state index contributed by atoms with van der Waals surface area (Å²) in [6.07, 6.45) is 0. The largest absolute Gasteiger partial charge is 0.464 e. The van der Waals surface area contributed by atoms with Crippen LogP contribution in [0.3, 0.4) is 0 Å². The summed E-state index contributed by atoms with van der Waals surface area (Å²) in [5, 5.41) is 8.17.